The van der Waals surface area contributed by atoms with Crippen molar-refractivity contribution in [1.82, 2.24) is 5.32 Å². The van der Waals surface area contributed by atoms with Crippen LogP contribution in [0.4, 0.5) is 0 Å². The van der Waals surface area contributed by atoms with Gasteiger partial charge in [0.1, 0.15) is 0 Å². The molecule has 0 saturated heterocycles. The second-order valence-corrected chi connectivity index (χ2v) is 5.61. The molecule has 0 aliphatic heterocycles. The summed E-state index contributed by atoms with van der Waals surface area (Å²) >= 11 is 12.2. The van der Waals surface area contributed by atoms with E-state index in [1.165, 1.54) is 31.2 Å². The SMILES string of the molecule is CCCCNC1CCC1c1ccc(Cl)cc1Cl. The van der Waals surface area contributed by atoms with Crippen LogP contribution in [0.5, 0.6) is 0 Å². The standard InChI is InChI=1S/C14H19Cl2N/c1-2-3-8-17-14-7-6-12(14)11-5-4-10(15)9-13(11)16/h4-5,9,12,14,17H,2-3,6-8H2,1H3. The van der Waals surface area contributed by atoms with Crippen LogP contribution in [0.3, 0.4) is 0 Å². The molecule has 1 aliphatic carbocycles. The number of hydrogen-bond donors (Lipinski definition) is 1. The van der Waals surface area contributed by atoms with Gasteiger partial charge in [-0.25, -0.2) is 0 Å². The van der Waals surface area contributed by atoms with E-state index in [2.05, 4.69) is 18.3 Å². The molecule has 1 nitrogen and oxygen atoms in total. The minimum atomic E-state index is 0.566. The Balaban J connectivity index is 1.97. The molecule has 1 fully saturated rings. The van der Waals surface area contributed by atoms with Gasteiger partial charge in [0.15, 0.2) is 0 Å². The quantitative estimate of drug-likeness (QED) is 0.770. The summed E-state index contributed by atoms with van der Waals surface area (Å²) in [5, 5.41) is 5.14. The highest BCUT2D eigenvalue weighted by molar-refractivity contribution is 6.35. The van der Waals surface area contributed by atoms with Gasteiger partial charge in [0.2, 0.25) is 0 Å². The summed E-state index contributed by atoms with van der Waals surface area (Å²) in [4.78, 5) is 0. The fraction of sp³-hybridized carbons (Fsp3) is 0.571. The predicted molar refractivity (Wildman–Crippen MR) is 75.1 cm³/mol. The molecule has 2 unspecified atom stereocenters. The number of rotatable bonds is 5. The number of halogens is 2. The molecule has 0 heterocycles. The largest absolute Gasteiger partial charge is 0.313 e. The second kappa shape index (κ2) is 6.08. The van der Waals surface area contributed by atoms with E-state index in [0.717, 1.165) is 11.6 Å². The Morgan fingerprint density at radius 1 is 1.29 bits per heavy atom. The van der Waals surface area contributed by atoms with Crippen LogP contribution in [0.1, 0.15) is 44.1 Å². The zero-order valence-electron chi connectivity index (χ0n) is 10.2. The minimum Gasteiger partial charge on any atom is -0.313 e. The Bertz CT molecular complexity index is 378. The zero-order chi connectivity index (χ0) is 12.3. The molecular formula is C14H19Cl2N. The molecule has 2 atom stereocenters. The fourth-order valence-corrected chi connectivity index (χ4v) is 2.93. The van der Waals surface area contributed by atoms with E-state index in [-0.39, 0.29) is 0 Å². The molecule has 1 aromatic rings. The van der Waals surface area contributed by atoms with E-state index in [9.17, 15) is 0 Å². The van der Waals surface area contributed by atoms with Gasteiger partial charge in [-0.2, -0.15) is 0 Å². The summed E-state index contributed by atoms with van der Waals surface area (Å²) in [5.41, 5.74) is 1.25. The van der Waals surface area contributed by atoms with Gasteiger partial charge in [-0.15, -0.1) is 0 Å². The van der Waals surface area contributed by atoms with Crippen LogP contribution < -0.4 is 5.32 Å². The smallest absolute Gasteiger partial charge is 0.0456 e. The van der Waals surface area contributed by atoms with Crippen molar-refractivity contribution in [3.05, 3.63) is 33.8 Å². The van der Waals surface area contributed by atoms with Crippen molar-refractivity contribution >= 4 is 23.2 Å². The van der Waals surface area contributed by atoms with Crippen LogP contribution in [-0.2, 0) is 0 Å². The van der Waals surface area contributed by atoms with Crippen LogP contribution >= 0.6 is 23.2 Å². The Morgan fingerprint density at radius 2 is 2.12 bits per heavy atom. The third-order valence-corrected chi connectivity index (χ3v) is 4.14. The van der Waals surface area contributed by atoms with Crippen LogP contribution in [0.25, 0.3) is 0 Å². The van der Waals surface area contributed by atoms with Crippen molar-refractivity contribution in [3.63, 3.8) is 0 Å². The van der Waals surface area contributed by atoms with Crippen LogP contribution in [0, 0.1) is 0 Å². The maximum absolute atomic E-state index is 6.25. The molecule has 0 spiro atoms. The third-order valence-electron chi connectivity index (χ3n) is 3.57. The first kappa shape index (κ1) is 13.2. The molecule has 1 saturated carbocycles. The van der Waals surface area contributed by atoms with Gasteiger partial charge in [-0.1, -0.05) is 42.6 Å². The lowest BCUT2D eigenvalue weighted by Gasteiger charge is -2.38. The lowest BCUT2D eigenvalue weighted by molar-refractivity contribution is 0.283. The van der Waals surface area contributed by atoms with Crippen molar-refractivity contribution in [2.45, 2.75) is 44.6 Å². The Hall–Kier alpha value is -0.240. The van der Waals surface area contributed by atoms with E-state index >= 15 is 0 Å². The Kier molecular flexibility index (Phi) is 4.72. The second-order valence-electron chi connectivity index (χ2n) is 4.76. The highest BCUT2D eigenvalue weighted by atomic mass is 35.5. The van der Waals surface area contributed by atoms with Crippen molar-refractivity contribution in [2.24, 2.45) is 0 Å². The van der Waals surface area contributed by atoms with Crippen LogP contribution in [0.15, 0.2) is 18.2 Å². The van der Waals surface area contributed by atoms with Gasteiger partial charge in [-0.05, 0) is 43.5 Å². The number of unbranched alkanes of at least 4 members (excludes halogenated alkanes) is 1. The average molecular weight is 272 g/mol. The molecule has 17 heavy (non-hydrogen) atoms. The van der Waals surface area contributed by atoms with Crippen molar-refractivity contribution in [3.8, 4) is 0 Å². The van der Waals surface area contributed by atoms with Gasteiger partial charge in [0, 0.05) is 22.0 Å². The van der Waals surface area contributed by atoms with Gasteiger partial charge in [0.05, 0.1) is 0 Å². The first-order valence-electron chi connectivity index (χ1n) is 6.40. The maximum atomic E-state index is 6.25. The molecule has 94 valence electrons. The molecule has 1 N–H and O–H groups in total. The van der Waals surface area contributed by atoms with E-state index in [0.29, 0.717) is 17.0 Å². The lowest BCUT2D eigenvalue weighted by Crippen LogP contribution is -2.42. The summed E-state index contributed by atoms with van der Waals surface area (Å²) in [6.45, 7) is 3.33. The molecule has 3 heteroatoms. The highest BCUT2D eigenvalue weighted by Crippen LogP contribution is 2.40. The van der Waals surface area contributed by atoms with Gasteiger partial charge >= 0.3 is 0 Å². The van der Waals surface area contributed by atoms with Gasteiger partial charge < -0.3 is 5.32 Å². The maximum Gasteiger partial charge on any atom is 0.0456 e. The van der Waals surface area contributed by atoms with Crippen molar-refractivity contribution in [2.75, 3.05) is 6.54 Å². The number of nitrogens with one attached hydrogen (secondary N) is 1. The lowest BCUT2D eigenvalue weighted by atomic mass is 9.75. The van der Waals surface area contributed by atoms with E-state index in [1.54, 1.807) is 0 Å². The van der Waals surface area contributed by atoms with Crippen molar-refractivity contribution < 1.29 is 0 Å². The topological polar surface area (TPSA) is 12.0 Å². The zero-order valence-corrected chi connectivity index (χ0v) is 11.7. The van der Waals surface area contributed by atoms with Crippen molar-refractivity contribution in [1.29, 1.82) is 0 Å². The highest BCUT2D eigenvalue weighted by Gasteiger charge is 2.32. The summed E-state index contributed by atoms with van der Waals surface area (Å²) in [7, 11) is 0. The van der Waals surface area contributed by atoms with E-state index < -0.39 is 0 Å². The molecule has 0 bridgehead atoms. The molecule has 0 amide bonds. The first-order valence-corrected chi connectivity index (χ1v) is 7.16. The molecule has 2 rings (SSSR count). The average Bonchev–Trinajstić information content (AvgIpc) is 2.26. The Labute approximate surface area is 114 Å². The molecule has 0 aromatic heterocycles. The van der Waals surface area contributed by atoms with Crippen LogP contribution in [0.2, 0.25) is 10.0 Å². The summed E-state index contributed by atoms with van der Waals surface area (Å²) in [6.07, 6.45) is 4.97. The van der Waals surface area contributed by atoms with Crippen LogP contribution in [-0.4, -0.2) is 12.6 Å². The number of benzene rings is 1. The van der Waals surface area contributed by atoms with E-state index in [1.807, 2.05) is 12.1 Å². The molecule has 0 radical (unpaired) electrons. The Morgan fingerprint density at radius 3 is 2.71 bits per heavy atom. The van der Waals surface area contributed by atoms with Gasteiger partial charge in [-0.3, -0.25) is 0 Å². The first-order chi connectivity index (χ1) is 8.22. The fourth-order valence-electron chi connectivity index (χ4n) is 2.38. The molecule has 1 aromatic carbocycles. The summed E-state index contributed by atoms with van der Waals surface area (Å²) in [5.74, 6) is 0.566. The molecule has 1 aliphatic rings. The minimum absolute atomic E-state index is 0.566. The third kappa shape index (κ3) is 3.15. The summed E-state index contributed by atoms with van der Waals surface area (Å²) in [6, 6.07) is 6.45. The summed E-state index contributed by atoms with van der Waals surface area (Å²) < 4.78 is 0. The normalized spacial score (nSPS) is 23.5. The number of hydrogen-bond acceptors (Lipinski definition) is 1. The van der Waals surface area contributed by atoms with Gasteiger partial charge in [0.25, 0.3) is 0 Å². The molecular weight excluding hydrogens is 253 g/mol. The monoisotopic (exact) mass is 271 g/mol. The van der Waals surface area contributed by atoms with E-state index in [4.69, 9.17) is 23.2 Å². The predicted octanol–water partition coefficient (Wildman–Crippen LogP) is 4.63.